The van der Waals surface area contributed by atoms with Crippen LogP contribution < -0.4 is 9.47 Å². The fourth-order valence-corrected chi connectivity index (χ4v) is 4.38. The number of tetrazole rings is 1. The number of methoxy groups -OCH3 is 2. The van der Waals surface area contributed by atoms with E-state index in [4.69, 9.17) is 14.5 Å². The molecule has 2 aromatic heterocycles. The highest BCUT2D eigenvalue weighted by molar-refractivity contribution is 7.10. The lowest BCUT2D eigenvalue weighted by Crippen LogP contribution is -2.08. The predicted octanol–water partition coefficient (Wildman–Crippen LogP) is 4.53. The van der Waals surface area contributed by atoms with Crippen LogP contribution in [-0.2, 0) is 6.54 Å². The summed E-state index contributed by atoms with van der Waals surface area (Å²) in [6, 6.07) is 13.5. The van der Waals surface area contributed by atoms with E-state index in [9.17, 15) is 0 Å². The summed E-state index contributed by atoms with van der Waals surface area (Å²) < 4.78 is 10.7. The lowest BCUT2D eigenvalue weighted by atomic mass is 9.83. The molecule has 1 fully saturated rings. The van der Waals surface area contributed by atoms with Gasteiger partial charge in [-0.3, -0.25) is 0 Å². The highest BCUT2D eigenvalue weighted by Gasteiger charge is 2.21. The Hall–Kier alpha value is -3.70. The van der Waals surface area contributed by atoms with Crippen molar-refractivity contribution in [3.8, 4) is 34.7 Å². The SMILES string of the molecule is COc1ccc(Cn2nnc(-c3cc(C#Cc4nc(C5CCC5)cs4)ccc3OC)n2)cc1. The fraction of sp³-hybridized carbons (Fsp3) is 0.280. The van der Waals surface area contributed by atoms with Crippen molar-refractivity contribution in [2.75, 3.05) is 14.2 Å². The molecule has 166 valence electrons. The molecule has 1 saturated carbocycles. The van der Waals surface area contributed by atoms with Crippen molar-refractivity contribution in [3.05, 3.63) is 69.7 Å². The molecule has 4 aromatic rings. The number of aromatic nitrogens is 5. The summed E-state index contributed by atoms with van der Waals surface area (Å²) in [6.45, 7) is 0.506. The largest absolute Gasteiger partial charge is 0.497 e. The van der Waals surface area contributed by atoms with E-state index in [1.165, 1.54) is 25.0 Å². The quantitative estimate of drug-likeness (QED) is 0.396. The molecule has 33 heavy (non-hydrogen) atoms. The van der Waals surface area contributed by atoms with Gasteiger partial charge in [0.1, 0.15) is 11.5 Å². The summed E-state index contributed by atoms with van der Waals surface area (Å²) in [6.07, 6.45) is 3.78. The molecule has 0 unspecified atom stereocenters. The van der Waals surface area contributed by atoms with E-state index in [1.54, 1.807) is 30.4 Å². The van der Waals surface area contributed by atoms with Crippen LogP contribution in [0.1, 0.15) is 47.0 Å². The van der Waals surface area contributed by atoms with Crippen LogP contribution >= 0.6 is 11.3 Å². The Morgan fingerprint density at radius 1 is 1.06 bits per heavy atom. The second-order valence-electron chi connectivity index (χ2n) is 7.86. The molecule has 2 heterocycles. The molecule has 5 rings (SSSR count). The highest BCUT2D eigenvalue weighted by Crippen LogP contribution is 2.36. The van der Waals surface area contributed by atoms with E-state index in [0.29, 0.717) is 24.0 Å². The second-order valence-corrected chi connectivity index (χ2v) is 8.72. The average Bonchev–Trinajstić information content (AvgIpc) is 3.47. The van der Waals surface area contributed by atoms with Crippen LogP contribution in [0.3, 0.4) is 0 Å². The molecule has 0 spiro atoms. The number of rotatable bonds is 6. The minimum absolute atomic E-state index is 0.491. The van der Waals surface area contributed by atoms with Crippen LogP contribution in [0.15, 0.2) is 47.8 Å². The number of nitrogens with zero attached hydrogens (tertiary/aromatic N) is 5. The first-order chi connectivity index (χ1) is 16.2. The van der Waals surface area contributed by atoms with E-state index in [1.807, 2.05) is 42.5 Å². The number of hydrogen-bond acceptors (Lipinski definition) is 7. The maximum Gasteiger partial charge on any atom is 0.208 e. The van der Waals surface area contributed by atoms with Crippen LogP contribution in [0.4, 0.5) is 0 Å². The van der Waals surface area contributed by atoms with E-state index >= 15 is 0 Å². The van der Waals surface area contributed by atoms with Crippen molar-refractivity contribution >= 4 is 11.3 Å². The Morgan fingerprint density at radius 2 is 1.91 bits per heavy atom. The zero-order chi connectivity index (χ0) is 22.6. The molecule has 1 aliphatic carbocycles. The smallest absolute Gasteiger partial charge is 0.208 e. The highest BCUT2D eigenvalue weighted by atomic mass is 32.1. The van der Waals surface area contributed by atoms with Gasteiger partial charge in [0, 0.05) is 16.9 Å². The van der Waals surface area contributed by atoms with Gasteiger partial charge in [0.2, 0.25) is 5.82 Å². The Balaban J connectivity index is 1.36. The zero-order valence-corrected chi connectivity index (χ0v) is 19.3. The van der Waals surface area contributed by atoms with E-state index in [-0.39, 0.29) is 0 Å². The average molecular weight is 458 g/mol. The van der Waals surface area contributed by atoms with Crippen molar-refractivity contribution in [3.63, 3.8) is 0 Å². The summed E-state index contributed by atoms with van der Waals surface area (Å²) in [5.74, 6) is 9.00. The normalized spacial score (nSPS) is 13.2. The van der Waals surface area contributed by atoms with Gasteiger partial charge < -0.3 is 9.47 Å². The van der Waals surface area contributed by atoms with Crippen LogP contribution in [0.2, 0.25) is 0 Å². The maximum atomic E-state index is 5.53. The third-order valence-corrected chi connectivity index (χ3v) is 6.51. The number of benzene rings is 2. The third-order valence-electron chi connectivity index (χ3n) is 5.74. The first kappa shape index (κ1) is 21.2. The Labute approximate surface area is 196 Å². The van der Waals surface area contributed by atoms with E-state index in [0.717, 1.165) is 27.4 Å². The predicted molar refractivity (Wildman–Crippen MR) is 127 cm³/mol. The molecule has 0 amide bonds. The van der Waals surface area contributed by atoms with Crippen LogP contribution in [-0.4, -0.2) is 39.4 Å². The van der Waals surface area contributed by atoms with Crippen molar-refractivity contribution < 1.29 is 9.47 Å². The van der Waals surface area contributed by atoms with Gasteiger partial charge in [0.15, 0.2) is 5.01 Å². The molecule has 0 saturated heterocycles. The minimum Gasteiger partial charge on any atom is -0.497 e. The molecule has 0 atom stereocenters. The van der Waals surface area contributed by atoms with Gasteiger partial charge in [-0.2, -0.15) is 4.80 Å². The summed E-state index contributed by atoms with van der Waals surface area (Å²) in [7, 11) is 3.28. The molecular weight excluding hydrogens is 434 g/mol. The maximum absolute atomic E-state index is 5.53. The van der Waals surface area contributed by atoms with Gasteiger partial charge in [-0.1, -0.05) is 24.5 Å². The lowest BCUT2D eigenvalue weighted by molar-refractivity contribution is 0.412. The summed E-state index contributed by atoms with van der Waals surface area (Å²) in [5, 5.41) is 16.0. The van der Waals surface area contributed by atoms with Gasteiger partial charge in [0.25, 0.3) is 0 Å². The second kappa shape index (κ2) is 9.43. The van der Waals surface area contributed by atoms with E-state index < -0.39 is 0 Å². The van der Waals surface area contributed by atoms with Gasteiger partial charge in [-0.25, -0.2) is 4.98 Å². The van der Waals surface area contributed by atoms with Gasteiger partial charge in [-0.15, -0.1) is 21.5 Å². The molecule has 0 bridgehead atoms. The van der Waals surface area contributed by atoms with Crippen molar-refractivity contribution in [1.29, 1.82) is 0 Å². The minimum atomic E-state index is 0.491. The molecule has 0 N–H and O–H groups in total. The van der Waals surface area contributed by atoms with Crippen LogP contribution in [0.25, 0.3) is 11.4 Å². The van der Waals surface area contributed by atoms with Gasteiger partial charge in [-0.05, 0) is 59.9 Å². The molecule has 7 nitrogen and oxygen atoms in total. The van der Waals surface area contributed by atoms with Crippen molar-refractivity contribution in [1.82, 2.24) is 25.2 Å². The fourth-order valence-electron chi connectivity index (χ4n) is 3.63. The molecular formula is C25H23N5O2S. The Morgan fingerprint density at radius 3 is 2.64 bits per heavy atom. The van der Waals surface area contributed by atoms with Gasteiger partial charge in [0.05, 0.1) is 32.0 Å². The Kier molecular flexibility index (Phi) is 6.05. The number of hydrogen-bond donors (Lipinski definition) is 0. The summed E-state index contributed by atoms with van der Waals surface area (Å²) in [5.41, 5.74) is 3.83. The molecule has 8 heteroatoms. The standard InChI is InChI=1S/C25H23N5O2S/c1-31-20-10-6-18(7-11-20)15-30-28-25(27-29-30)21-14-17(8-12-23(21)32-2)9-13-24-26-22(16-33-24)19-4-3-5-19/h6-8,10-12,14,16,19H,3-5,15H2,1-2H3. The van der Waals surface area contributed by atoms with Crippen LogP contribution in [0.5, 0.6) is 11.5 Å². The molecule has 0 radical (unpaired) electrons. The third kappa shape index (κ3) is 4.73. The summed E-state index contributed by atoms with van der Waals surface area (Å²) >= 11 is 1.61. The first-order valence-corrected chi connectivity index (χ1v) is 11.7. The first-order valence-electron chi connectivity index (χ1n) is 10.8. The Bertz CT molecular complexity index is 1310. The summed E-state index contributed by atoms with van der Waals surface area (Å²) in [4.78, 5) is 6.25. The molecule has 0 aliphatic heterocycles. The number of thiazole rings is 1. The van der Waals surface area contributed by atoms with Crippen LogP contribution in [0, 0.1) is 11.8 Å². The molecule has 1 aliphatic rings. The van der Waals surface area contributed by atoms with E-state index in [2.05, 4.69) is 32.6 Å². The topological polar surface area (TPSA) is 75.0 Å². The number of ether oxygens (including phenoxy) is 2. The lowest BCUT2D eigenvalue weighted by Gasteiger charge is -2.22. The monoisotopic (exact) mass is 457 g/mol. The van der Waals surface area contributed by atoms with Crippen molar-refractivity contribution in [2.24, 2.45) is 0 Å². The molecule has 2 aromatic carbocycles. The zero-order valence-electron chi connectivity index (χ0n) is 18.5. The van der Waals surface area contributed by atoms with Crippen molar-refractivity contribution in [2.45, 2.75) is 31.7 Å². The van der Waals surface area contributed by atoms with Gasteiger partial charge >= 0.3 is 0 Å².